The molecule has 0 saturated heterocycles. The second-order valence-corrected chi connectivity index (χ2v) is 5.02. The van der Waals surface area contributed by atoms with Gasteiger partial charge in [-0.1, -0.05) is 37.6 Å². The molecule has 1 aromatic carbocycles. The molecule has 16 heavy (non-hydrogen) atoms. The number of hydrogen-bond donors (Lipinski definition) is 2. The first-order valence-electron chi connectivity index (χ1n) is 6.23. The van der Waals surface area contributed by atoms with Crippen molar-refractivity contribution in [2.75, 3.05) is 13.1 Å². The van der Waals surface area contributed by atoms with Gasteiger partial charge >= 0.3 is 0 Å². The molecule has 1 aliphatic rings. The maximum Gasteiger partial charge on any atom is 0.0449 e. The highest BCUT2D eigenvalue weighted by molar-refractivity contribution is 5.36. The van der Waals surface area contributed by atoms with Crippen molar-refractivity contribution in [2.45, 2.75) is 39.3 Å². The molecule has 88 valence electrons. The van der Waals surface area contributed by atoms with Crippen molar-refractivity contribution < 1.29 is 0 Å². The summed E-state index contributed by atoms with van der Waals surface area (Å²) < 4.78 is 0. The lowest BCUT2D eigenvalue weighted by molar-refractivity contribution is 0.447. The van der Waals surface area contributed by atoms with Crippen LogP contribution in [0.3, 0.4) is 0 Å². The number of fused-ring (bicyclic) bond motifs is 1. The highest BCUT2D eigenvalue weighted by Crippen LogP contribution is 2.23. The molecule has 0 bridgehead atoms. The van der Waals surface area contributed by atoms with Crippen LogP contribution >= 0.6 is 0 Å². The molecular formula is C14H22N2. The van der Waals surface area contributed by atoms with Crippen molar-refractivity contribution in [1.82, 2.24) is 10.6 Å². The first-order valence-corrected chi connectivity index (χ1v) is 6.23. The van der Waals surface area contributed by atoms with Crippen LogP contribution < -0.4 is 10.6 Å². The third-order valence-electron chi connectivity index (χ3n) is 3.19. The number of hydrogen-bond acceptors (Lipinski definition) is 2. The third kappa shape index (κ3) is 2.63. The monoisotopic (exact) mass is 218 g/mol. The minimum absolute atomic E-state index is 0.478. The van der Waals surface area contributed by atoms with E-state index < -0.39 is 0 Å². The molecule has 0 radical (unpaired) electrons. The van der Waals surface area contributed by atoms with Gasteiger partial charge in [0.05, 0.1) is 0 Å². The van der Waals surface area contributed by atoms with Crippen molar-refractivity contribution in [1.29, 1.82) is 0 Å². The fraction of sp³-hybridized carbons (Fsp3) is 0.571. The first kappa shape index (κ1) is 11.6. The van der Waals surface area contributed by atoms with E-state index in [1.807, 2.05) is 0 Å². The predicted molar refractivity (Wildman–Crippen MR) is 68.8 cm³/mol. The SMILES string of the molecule is Cc1ccc2c(c1)CCNC2CNC(C)C. The van der Waals surface area contributed by atoms with Gasteiger partial charge in [-0.25, -0.2) is 0 Å². The quantitative estimate of drug-likeness (QED) is 0.812. The summed E-state index contributed by atoms with van der Waals surface area (Å²) >= 11 is 0. The Labute approximate surface area is 98.4 Å². The molecule has 0 spiro atoms. The van der Waals surface area contributed by atoms with Gasteiger partial charge in [0.1, 0.15) is 0 Å². The van der Waals surface area contributed by atoms with Gasteiger partial charge in [0, 0.05) is 18.6 Å². The van der Waals surface area contributed by atoms with Gasteiger partial charge in [0.2, 0.25) is 0 Å². The lowest BCUT2D eigenvalue weighted by Crippen LogP contribution is -2.38. The summed E-state index contributed by atoms with van der Waals surface area (Å²) in [6.07, 6.45) is 1.16. The zero-order valence-corrected chi connectivity index (χ0v) is 10.5. The highest BCUT2D eigenvalue weighted by atomic mass is 15.0. The standard InChI is InChI=1S/C14H22N2/c1-10(2)16-9-14-13-5-4-11(3)8-12(13)6-7-15-14/h4-5,8,10,14-16H,6-7,9H2,1-3H3. The van der Waals surface area contributed by atoms with E-state index >= 15 is 0 Å². The smallest absolute Gasteiger partial charge is 0.0449 e. The zero-order valence-electron chi connectivity index (χ0n) is 10.5. The summed E-state index contributed by atoms with van der Waals surface area (Å²) in [6, 6.07) is 7.86. The van der Waals surface area contributed by atoms with Gasteiger partial charge in [-0.2, -0.15) is 0 Å². The molecule has 2 N–H and O–H groups in total. The normalized spacial score (nSPS) is 19.9. The van der Waals surface area contributed by atoms with Gasteiger partial charge in [-0.05, 0) is 31.0 Å². The fourth-order valence-corrected chi connectivity index (χ4v) is 2.32. The Morgan fingerprint density at radius 2 is 2.25 bits per heavy atom. The van der Waals surface area contributed by atoms with Crippen molar-refractivity contribution >= 4 is 0 Å². The summed E-state index contributed by atoms with van der Waals surface area (Å²) in [5.41, 5.74) is 4.37. The van der Waals surface area contributed by atoms with Crippen molar-refractivity contribution in [3.63, 3.8) is 0 Å². The molecule has 1 unspecified atom stereocenters. The highest BCUT2D eigenvalue weighted by Gasteiger charge is 2.19. The molecule has 1 heterocycles. The lowest BCUT2D eigenvalue weighted by atomic mass is 9.92. The Morgan fingerprint density at radius 3 is 3.00 bits per heavy atom. The number of aryl methyl sites for hydroxylation is 1. The molecule has 1 atom stereocenters. The van der Waals surface area contributed by atoms with E-state index in [-0.39, 0.29) is 0 Å². The van der Waals surface area contributed by atoms with E-state index in [1.54, 1.807) is 0 Å². The molecule has 1 aromatic rings. The molecule has 2 rings (SSSR count). The van der Waals surface area contributed by atoms with Gasteiger partial charge in [0.15, 0.2) is 0 Å². The van der Waals surface area contributed by atoms with Gasteiger partial charge in [-0.3, -0.25) is 0 Å². The Kier molecular flexibility index (Phi) is 3.62. The van der Waals surface area contributed by atoms with Gasteiger partial charge in [-0.15, -0.1) is 0 Å². The average molecular weight is 218 g/mol. The predicted octanol–water partition coefficient (Wildman–Crippen LogP) is 2.18. The minimum Gasteiger partial charge on any atom is -0.313 e. The Balaban J connectivity index is 2.13. The molecule has 0 aromatic heterocycles. The summed E-state index contributed by atoms with van der Waals surface area (Å²) in [5, 5.41) is 7.10. The maximum absolute atomic E-state index is 3.59. The molecule has 0 aliphatic carbocycles. The number of rotatable bonds is 3. The largest absolute Gasteiger partial charge is 0.313 e. The van der Waals surface area contributed by atoms with Crippen LogP contribution in [0.2, 0.25) is 0 Å². The molecule has 0 saturated carbocycles. The van der Waals surface area contributed by atoms with Crippen molar-refractivity contribution in [2.24, 2.45) is 0 Å². The fourth-order valence-electron chi connectivity index (χ4n) is 2.32. The van der Waals surface area contributed by atoms with E-state index in [2.05, 4.69) is 49.6 Å². The van der Waals surface area contributed by atoms with Crippen LogP contribution in [0.4, 0.5) is 0 Å². The van der Waals surface area contributed by atoms with E-state index in [9.17, 15) is 0 Å². The maximum atomic E-state index is 3.59. The van der Waals surface area contributed by atoms with Crippen LogP contribution in [0.15, 0.2) is 18.2 Å². The van der Waals surface area contributed by atoms with E-state index in [4.69, 9.17) is 0 Å². The zero-order chi connectivity index (χ0) is 11.5. The van der Waals surface area contributed by atoms with Crippen LogP contribution in [0.1, 0.15) is 36.6 Å². The molecule has 0 fully saturated rings. The summed E-state index contributed by atoms with van der Waals surface area (Å²) in [4.78, 5) is 0. The van der Waals surface area contributed by atoms with E-state index in [0.717, 1.165) is 19.5 Å². The van der Waals surface area contributed by atoms with Crippen LogP contribution in [0, 0.1) is 6.92 Å². The van der Waals surface area contributed by atoms with Crippen LogP contribution in [0.5, 0.6) is 0 Å². The van der Waals surface area contributed by atoms with E-state index in [1.165, 1.54) is 16.7 Å². The Hall–Kier alpha value is -0.860. The summed E-state index contributed by atoms with van der Waals surface area (Å²) in [6.45, 7) is 8.68. The molecular weight excluding hydrogens is 196 g/mol. The molecule has 1 aliphatic heterocycles. The summed E-state index contributed by atoms with van der Waals surface area (Å²) in [5.74, 6) is 0. The van der Waals surface area contributed by atoms with Crippen molar-refractivity contribution in [3.05, 3.63) is 34.9 Å². The minimum atomic E-state index is 0.478. The van der Waals surface area contributed by atoms with Crippen LogP contribution in [-0.4, -0.2) is 19.1 Å². The molecule has 2 nitrogen and oxygen atoms in total. The molecule has 2 heteroatoms. The summed E-state index contributed by atoms with van der Waals surface area (Å²) in [7, 11) is 0. The van der Waals surface area contributed by atoms with Crippen LogP contribution in [0.25, 0.3) is 0 Å². The van der Waals surface area contributed by atoms with Crippen molar-refractivity contribution in [3.8, 4) is 0 Å². The second-order valence-electron chi connectivity index (χ2n) is 5.02. The van der Waals surface area contributed by atoms with Gasteiger partial charge < -0.3 is 10.6 Å². The van der Waals surface area contributed by atoms with E-state index in [0.29, 0.717) is 12.1 Å². The topological polar surface area (TPSA) is 24.1 Å². The Bertz CT molecular complexity index is 358. The van der Waals surface area contributed by atoms with Gasteiger partial charge in [0.25, 0.3) is 0 Å². The number of benzene rings is 1. The van der Waals surface area contributed by atoms with Crippen LogP contribution in [-0.2, 0) is 6.42 Å². The third-order valence-corrected chi connectivity index (χ3v) is 3.19. The lowest BCUT2D eigenvalue weighted by Gasteiger charge is -2.28. The second kappa shape index (κ2) is 4.98. The average Bonchev–Trinajstić information content (AvgIpc) is 2.25. The first-order chi connectivity index (χ1) is 7.66. The Morgan fingerprint density at radius 1 is 1.44 bits per heavy atom. The number of nitrogens with one attached hydrogen (secondary N) is 2. The molecule has 0 amide bonds.